The first-order valence-corrected chi connectivity index (χ1v) is 13.2. The summed E-state index contributed by atoms with van der Waals surface area (Å²) in [6.07, 6.45) is 0. The van der Waals surface area contributed by atoms with Gasteiger partial charge in [0.2, 0.25) is 0 Å². The molecule has 0 fully saturated rings. The summed E-state index contributed by atoms with van der Waals surface area (Å²) in [5, 5.41) is 0. The molecule has 5 heterocycles. The van der Waals surface area contributed by atoms with Crippen LogP contribution < -0.4 is 0 Å². The third-order valence-electron chi connectivity index (χ3n) is 7.55. The van der Waals surface area contributed by atoms with Crippen molar-refractivity contribution in [2.24, 2.45) is 0 Å². The number of hydrogen-bond donors (Lipinski definition) is 2. The summed E-state index contributed by atoms with van der Waals surface area (Å²) in [5.74, 6) is 0. The first-order chi connectivity index (χ1) is 16.2. The van der Waals surface area contributed by atoms with Gasteiger partial charge in [-0.1, -0.05) is 0 Å². The second kappa shape index (κ2) is 9.23. The van der Waals surface area contributed by atoms with Crippen LogP contribution in [0.15, 0.2) is 24.3 Å². The molecule has 4 nitrogen and oxygen atoms in total. The summed E-state index contributed by atoms with van der Waals surface area (Å²) < 4.78 is 0. The van der Waals surface area contributed by atoms with Crippen molar-refractivity contribution < 1.29 is 0 Å². The molecule has 2 N–H and O–H groups in total. The SMILES string of the molecule is CC1=C(C)c2cc3[nH]c(cc4nc(cc5[nH]c(cc1n2)c(C)c5C)C(C)=C4C)c(C)c3C.[Al][Cl]. The molecule has 0 saturated heterocycles. The third-order valence-corrected chi connectivity index (χ3v) is 7.55. The maximum Gasteiger partial charge on any atom is 0.293 e. The van der Waals surface area contributed by atoms with Crippen LogP contribution in [0.3, 0.4) is 0 Å². The molecular formula is C28H30AlClN4. The Morgan fingerprint density at radius 1 is 0.471 bits per heavy atom. The average molecular weight is 485 g/mol. The molecule has 0 saturated carbocycles. The Bertz CT molecular complexity index is 1330. The molecule has 0 aliphatic carbocycles. The number of rotatable bonds is 0. The fraction of sp³-hybridized carbons (Fsp3) is 0.286. The van der Waals surface area contributed by atoms with Crippen molar-refractivity contribution in [2.75, 3.05) is 0 Å². The highest BCUT2D eigenvalue weighted by molar-refractivity contribution is 6.80. The van der Waals surface area contributed by atoms with Gasteiger partial charge in [0.25, 0.3) is 15.4 Å². The highest BCUT2D eigenvalue weighted by Gasteiger charge is 2.16. The lowest BCUT2D eigenvalue weighted by Gasteiger charge is -1.95. The molecular weight excluding hydrogens is 455 g/mol. The number of aromatic nitrogens is 4. The van der Waals surface area contributed by atoms with Crippen molar-refractivity contribution in [3.8, 4) is 0 Å². The van der Waals surface area contributed by atoms with Crippen molar-refractivity contribution in [3.63, 3.8) is 0 Å². The second-order valence-corrected chi connectivity index (χ2v) is 9.25. The Labute approximate surface area is 213 Å². The van der Waals surface area contributed by atoms with Gasteiger partial charge in [0.15, 0.2) is 0 Å². The van der Waals surface area contributed by atoms with E-state index in [9.17, 15) is 0 Å². The van der Waals surface area contributed by atoms with E-state index in [-0.39, 0.29) is 0 Å². The van der Waals surface area contributed by atoms with Crippen molar-refractivity contribution in [1.29, 1.82) is 0 Å². The van der Waals surface area contributed by atoms with Crippen LogP contribution in [0.1, 0.15) is 72.7 Å². The third kappa shape index (κ3) is 3.97. The number of H-pyrrole nitrogens is 2. The van der Waals surface area contributed by atoms with Crippen molar-refractivity contribution in [3.05, 3.63) is 69.3 Å². The van der Waals surface area contributed by atoms with Gasteiger partial charge in [-0.05, 0) is 124 Å². The zero-order chi connectivity index (χ0) is 24.9. The molecule has 5 rings (SSSR count). The molecule has 0 spiro atoms. The lowest BCUT2D eigenvalue weighted by Crippen LogP contribution is -1.79. The molecule has 6 heteroatoms. The molecule has 3 aromatic heterocycles. The Morgan fingerprint density at radius 3 is 0.882 bits per heavy atom. The molecule has 8 bridgehead atoms. The van der Waals surface area contributed by atoms with Gasteiger partial charge in [-0.2, -0.15) is 0 Å². The maximum absolute atomic E-state index is 5.00. The van der Waals surface area contributed by atoms with Gasteiger partial charge in [-0.25, -0.2) is 9.97 Å². The molecule has 0 aromatic carbocycles. The van der Waals surface area contributed by atoms with Crippen LogP contribution in [0.4, 0.5) is 0 Å². The molecule has 2 aliphatic rings. The molecule has 0 unspecified atom stereocenters. The van der Waals surface area contributed by atoms with Crippen LogP contribution in [0.25, 0.3) is 44.4 Å². The molecule has 0 atom stereocenters. The van der Waals surface area contributed by atoms with Crippen LogP contribution in [0, 0.1) is 27.7 Å². The number of nitrogens with zero attached hydrogens (tertiary/aromatic N) is 2. The largest absolute Gasteiger partial charge is 0.355 e. The van der Waals surface area contributed by atoms with Crippen LogP contribution >= 0.6 is 10.0 Å². The standard InChI is InChI=1S/C28H30N4.Al.ClH/c1-13-14(2)22-10-24-17(5)18(6)26(31-24)12-28-20(8)19(7)27(32-28)11-25-16(4)15(3)23(30-25)9-21(13)29-22;;/h9-12,29,32H,1-8H3;;1H/q;+1;/p-1. The van der Waals surface area contributed by atoms with E-state index in [0.29, 0.717) is 0 Å². The zero-order valence-electron chi connectivity index (χ0n) is 21.2. The average Bonchev–Trinajstić information content (AvgIpc) is 3.44. The van der Waals surface area contributed by atoms with Crippen LogP contribution in [0.2, 0.25) is 0 Å². The van der Waals surface area contributed by atoms with E-state index in [1.807, 2.05) is 15.4 Å². The molecule has 2 aliphatic heterocycles. The number of hydrogen-bond acceptors (Lipinski definition) is 2. The molecule has 2 radical (unpaired) electrons. The Hall–Kier alpha value is -2.58. The van der Waals surface area contributed by atoms with Gasteiger partial charge >= 0.3 is 0 Å². The summed E-state index contributed by atoms with van der Waals surface area (Å²) >= 11 is 1.89. The summed E-state index contributed by atoms with van der Waals surface area (Å²) in [6, 6.07) is 8.72. The zero-order valence-corrected chi connectivity index (χ0v) is 23.1. The van der Waals surface area contributed by atoms with Crippen molar-refractivity contribution in [1.82, 2.24) is 19.9 Å². The minimum Gasteiger partial charge on any atom is -0.355 e. The summed E-state index contributed by atoms with van der Waals surface area (Å²) in [6.45, 7) is 17.3. The minimum atomic E-state index is 1.02. The number of halogens is 1. The predicted octanol–water partition coefficient (Wildman–Crippen LogP) is 7.76. The van der Waals surface area contributed by atoms with E-state index < -0.39 is 0 Å². The van der Waals surface area contributed by atoms with E-state index in [1.165, 1.54) is 44.5 Å². The van der Waals surface area contributed by atoms with E-state index in [0.717, 1.165) is 44.8 Å². The monoisotopic (exact) mass is 484 g/mol. The number of allylic oxidation sites excluding steroid dienone is 4. The van der Waals surface area contributed by atoms with Crippen LogP contribution in [-0.2, 0) is 0 Å². The molecule has 172 valence electrons. The quantitative estimate of drug-likeness (QED) is 0.320. The molecule has 3 aromatic rings. The Kier molecular flexibility index (Phi) is 6.66. The summed E-state index contributed by atoms with van der Waals surface area (Å²) in [7, 11) is 4.56. The van der Waals surface area contributed by atoms with Gasteiger partial charge in [0.1, 0.15) is 0 Å². The van der Waals surface area contributed by atoms with E-state index in [2.05, 4.69) is 99.7 Å². The first kappa shape index (κ1) is 24.5. The smallest absolute Gasteiger partial charge is 0.293 e. The topological polar surface area (TPSA) is 57.4 Å². The van der Waals surface area contributed by atoms with Crippen LogP contribution in [-0.4, -0.2) is 35.3 Å². The van der Waals surface area contributed by atoms with E-state index in [1.54, 1.807) is 0 Å². The fourth-order valence-electron chi connectivity index (χ4n) is 4.52. The normalized spacial score (nSPS) is 13.3. The van der Waals surface area contributed by atoms with E-state index >= 15 is 0 Å². The number of aromatic amines is 2. The number of aryl methyl sites for hydroxylation is 4. The minimum absolute atomic E-state index is 1.02. The Morgan fingerprint density at radius 2 is 0.676 bits per heavy atom. The number of nitrogens with one attached hydrogen (secondary N) is 2. The van der Waals surface area contributed by atoms with Crippen molar-refractivity contribution >= 4 is 69.8 Å². The lowest BCUT2D eigenvalue weighted by molar-refractivity contribution is 1.29. The molecule has 0 amide bonds. The van der Waals surface area contributed by atoms with Gasteiger partial charge < -0.3 is 9.97 Å². The maximum atomic E-state index is 5.00. The first-order valence-electron chi connectivity index (χ1n) is 11.4. The predicted molar refractivity (Wildman–Crippen MR) is 148 cm³/mol. The summed E-state index contributed by atoms with van der Waals surface area (Å²) in [4.78, 5) is 17.3. The number of fused-ring (bicyclic) bond motifs is 8. The van der Waals surface area contributed by atoms with E-state index in [4.69, 9.17) is 9.97 Å². The van der Waals surface area contributed by atoms with Gasteiger partial charge in [-0.15, -0.1) is 0 Å². The van der Waals surface area contributed by atoms with Crippen LogP contribution in [0.5, 0.6) is 0 Å². The van der Waals surface area contributed by atoms with Gasteiger partial charge in [0.05, 0.1) is 22.8 Å². The second-order valence-electron chi connectivity index (χ2n) is 9.25. The van der Waals surface area contributed by atoms with Crippen molar-refractivity contribution in [2.45, 2.75) is 55.4 Å². The fourth-order valence-corrected chi connectivity index (χ4v) is 4.52. The lowest BCUT2D eigenvalue weighted by atomic mass is 10.1. The summed E-state index contributed by atoms with van der Waals surface area (Å²) in [5.41, 5.74) is 18.4. The highest BCUT2D eigenvalue weighted by atomic mass is 35.6. The highest BCUT2D eigenvalue weighted by Crippen LogP contribution is 2.33. The Balaban J connectivity index is 0.00000133. The molecule has 34 heavy (non-hydrogen) atoms. The van der Waals surface area contributed by atoms with Gasteiger partial charge in [0, 0.05) is 22.1 Å². The van der Waals surface area contributed by atoms with Gasteiger partial charge in [-0.3, -0.25) is 10.0 Å².